The lowest BCUT2D eigenvalue weighted by atomic mass is 10.1. The minimum atomic E-state index is -0.656. The molecule has 0 aliphatic carbocycles. The molecule has 0 atom stereocenters. The fourth-order valence-electron chi connectivity index (χ4n) is 3.28. The van der Waals surface area contributed by atoms with E-state index in [4.69, 9.17) is 16.3 Å². The standard InChI is InChI=1S/C22H20ClN5O4S/c1-22(2,3)32-21(29)27-15-5-4-13(10-14(15)11-17(27)20-24-8-9-33-20)12-25-19-16(28(30)31)6-7-18(23)26-19/h4-11H,12H2,1-3H3,(H,25,26). The number of nitrogens with one attached hydrogen (secondary N) is 1. The van der Waals surface area contributed by atoms with Crippen molar-refractivity contribution >= 4 is 51.4 Å². The van der Waals surface area contributed by atoms with Gasteiger partial charge in [0.05, 0.1) is 16.1 Å². The molecule has 3 aromatic heterocycles. The summed E-state index contributed by atoms with van der Waals surface area (Å²) >= 11 is 7.32. The van der Waals surface area contributed by atoms with Crippen LogP contribution >= 0.6 is 22.9 Å². The summed E-state index contributed by atoms with van der Waals surface area (Å²) in [6.45, 7) is 5.71. The van der Waals surface area contributed by atoms with Crippen molar-refractivity contribution in [2.75, 3.05) is 5.32 Å². The summed E-state index contributed by atoms with van der Waals surface area (Å²) < 4.78 is 7.13. The Morgan fingerprint density at radius 3 is 2.73 bits per heavy atom. The van der Waals surface area contributed by atoms with E-state index in [1.807, 2.05) is 50.4 Å². The molecule has 3 heterocycles. The van der Waals surface area contributed by atoms with Gasteiger partial charge in [0, 0.05) is 29.6 Å². The highest BCUT2D eigenvalue weighted by Crippen LogP contribution is 2.32. The quantitative estimate of drug-likeness (QED) is 0.206. The van der Waals surface area contributed by atoms with Gasteiger partial charge < -0.3 is 10.1 Å². The number of carbonyl (C=O) groups is 1. The van der Waals surface area contributed by atoms with Crippen LogP contribution < -0.4 is 5.32 Å². The van der Waals surface area contributed by atoms with Gasteiger partial charge in [0.1, 0.15) is 15.8 Å². The molecular weight excluding hydrogens is 466 g/mol. The maximum absolute atomic E-state index is 13.0. The Kier molecular flexibility index (Phi) is 6.05. The monoisotopic (exact) mass is 485 g/mol. The first-order chi connectivity index (χ1) is 15.6. The zero-order valence-electron chi connectivity index (χ0n) is 18.0. The van der Waals surface area contributed by atoms with Crippen molar-refractivity contribution < 1.29 is 14.5 Å². The van der Waals surface area contributed by atoms with Crippen molar-refractivity contribution in [3.05, 3.63) is 68.8 Å². The van der Waals surface area contributed by atoms with E-state index in [-0.39, 0.29) is 23.2 Å². The first-order valence-electron chi connectivity index (χ1n) is 9.95. The summed E-state index contributed by atoms with van der Waals surface area (Å²) in [7, 11) is 0. The van der Waals surface area contributed by atoms with Crippen molar-refractivity contribution in [2.24, 2.45) is 0 Å². The van der Waals surface area contributed by atoms with E-state index in [1.54, 1.807) is 6.20 Å². The number of carbonyl (C=O) groups excluding carboxylic acids is 1. The largest absolute Gasteiger partial charge is 0.443 e. The summed E-state index contributed by atoms with van der Waals surface area (Å²) in [6.07, 6.45) is 1.18. The molecule has 0 aliphatic heterocycles. The molecule has 33 heavy (non-hydrogen) atoms. The average Bonchev–Trinajstić information content (AvgIpc) is 3.38. The predicted octanol–water partition coefficient (Wildman–Crippen LogP) is 6.12. The van der Waals surface area contributed by atoms with Gasteiger partial charge in [-0.15, -0.1) is 11.3 Å². The third-order valence-electron chi connectivity index (χ3n) is 4.59. The number of hydrogen-bond acceptors (Lipinski definition) is 8. The molecule has 4 aromatic rings. The van der Waals surface area contributed by atoms with Crippen LogP contribution in [-0.2, 0) is 11.3 Å². The summed E-state index contributed by atoms with van der Waals surface area (Å²) in [5.74, 6) is 0.0856. The van der Waals surface area contributed by atoms with Gasteiger partial charge in [0.15, 0.2) is 0 Å². The topological polar surface area (TPSA) is 112 Å². The molecule has 11 heteroatoms. The molecule has 0 unspecified atom stereocenters. The number of pyridine rings is 1. The maximum Gasteiger partial charge on any atom is 0.419 e. The van der Waals surface area contributed by atoms with E-state index in [0.717, 1.165) is 10.9 Å². The molecule has 170 valence electrons. The van der Waals surface area contributed by atoms with Crippen molar-refractivity contribution in [1.82, 2.24) is 14.5 Å². The van der Waals surface area contributed by atoms with Crippen LogP contribution in [-0.4, -0.2) is 31.2 Å². The highest BCUT2D eigenvalue weighted by atomic mass is 35.5. The number of anilines is 1. The zero-order valence-corrected chi connectivity index (χ0v) is 19.6. The molecule has 0 bridgehead atoms. The molecule has 0 saturated heterocycles. The molecule has 4 rings (SSSR count). The second-order valence-electron chi connectivity index (χ2n) is 8.19. The Morgan fingerprint density at radius 1 is 1.27 bits per heavy atom. The lowest BCUT2D eigenvalue weighted by Crippen LogP contribution is -2.27. The van der Waals surface area contributed by atoms with Gasteiger partial charge in [-0.25, -0.2) is 19.3 Å². The zero-order chi connectivity index (χ0) is 23.8. The third kappa shape index (κ3) is 4.96. The Balaban J connectivity index is 1.69. The van der Waals surface area contributed by atoms with Gasteiger partial charge in [-0.05, 0) is 50.6 Å². The maximum atomic E-state index is 13.0. The van der Waals surface area contributed by atoms with Gasteiger partial charge in [0.2, 0.25) is 5.82 Å². The van der Waals surface area contributed by atoms with E-state index in [0.29, 0.717) is 16.2 Å². The minimum absolute atomic E-state index is 0.0856. The second kappa shape index (κ2) is 8.80. The van der Waals surface area contributed by atoms with Crippen LogP contribution in [0.15, 0.2) is 48.0 Å². The first-order valence-corrected chi connectivity index (χ1v) is 11.2. The van der Waals surface area contributed by atoms with E-state index in [1.165, 1.54) is 28.0 Å². The fraction of sp³-hybridized carbons (Fsp3) is 0.227. The van der Waals surface area contributed by atoms with Crippen LogP contribution in [0.2, 0.25) is 5.15 Å². The van der Waals surface area contributed by atoms with E-state index in [2.05, 4.69) is 15.3 Å². The number of halogens is 1. The molecule has 0 saturated carbocycles. The Hall–Kier alpha value is -3.50. The second-order valence-corrected chi connectivity index (χ2v) is 9.47. The lowest BCUT2D eigenvalue weighted by molar-refractivity contribution is -0.384. The van der Waals surface area contributed by atoms with E-state index in [9.17, 15) is 14.9 Å². The number of hydrogen-bond donors (Lipinski definition) is 1. The van der Waals surface area contributed by atoms with E-state index >= 15 is 0 Å². The van der Waals surface area contributed by atoms with Crippen LogP contribution in [0.3, 0.4) is 0 Å². The van der Waals surface area contributed by atoms with Crippen LogP contribution in [0, 0.1) is 10.1 Å². The average molecular weight is 486 g/mol. The molecule has 1 aromatic carbocycles. The lowest BCUT2D eigenvalue weighted by Gasteiger charge is -2.20. The molecule has 1 N–H and O–H groups in total. The molecule has 0 amide bonds. The van der Waals surface area contributed by atoms with Crippen molar-refractivity contribution in [2.45, 2.75) is 32.9 Å². The number of nitro groups is 1. The summed E-state index contributed by atoms with van der Waals surface area (Å²) in [6, 6.07) is 10.1. The Labute approximate surface area is 198 Å². The number of fused-ring (bicyclic) bond motifs is 1. The molecule has 0 spiro atoms. The summed E-state index contributed by atoms with van der Waals surface area (Å²) in [4.78, 5) is 32.1. The normalized spacial score (nSPS) is 11.5. The van der Waals surface area contributed by atoms with Crippen molar-refractivity contribution in [3.8, 4) is 10.7 Å². The number of benzene rings is 1. The van der Waals surface area contributed by atoms with E-state index < -0.39 is 16.6 Å². The van der Waals surface area contributed by atoms with Gasteiger partial charge in [-0.3, -0.25) is 10.1 Å². The number of thiazole rings is 1. The van der Waals surface area contributed by atoms with Crippen LogP contribution in [0.4, 0.5) is 16.3 Å². The third-order valence-corrected chi connectivity index (χ3v) is 5.60. The minimum Gasteiger partial charge on any atom is -0.443 e. The van der Waals surface area contributed by atoms with Crippen molar-refractivity contribution in [1.29, 1.82) is 0 Å². The Morgan fingerprint density at radius 2 is 2.06 bits per heavy atom. The number of nitrogens with zero attached hydrogens (tertiary/aromatic N) is 4. The van der Waals surface area contributed by atoms with Gasteiger partial charge in [-0.1, -0.05) is 17.7 Å². The SMILES string of the molecule is CC(C)(C)OC(=O)n1c(-c2nccs2)cc2cc(CNc3nc(Cl)ccc3[N+](=O)[O-])ccc21. The predicted molar refractivity (Wildman–Crippen MR) is 128 cm³/mol. The molecule has 0 fully saturated rings. The first kappa shape index (κ1) is 22.7. The van der Waals surface area contributed by atoms with Gasteiger partial charge >= 0.3 is 11.8 Å². The highest BCUT2D eigenvalue weighted by Gasteiger charge is 2.24. The molecule has 9 nitrogen and oxygen atoms in total. The number of rotatable bonds is 5. The van der Waals surface area contributed by atoms with Crippen LogP contribution in [0.5, 0.6) is 0 Å². The summed E-state index contributed by atoms with van der Waals surface area (Å²) in [5, 5.41) is 17.7. The van der Waals surface area contributed by atoms with Crippen LogP contribution in [0.25, 0.3) is 21.6 Å². The van der Waals surface area contributed by atoms with Crippen molar-refractivity contribution in [3.63, 3.8) is 0 Å². The summed E-state index contributed by atoms with van der Waals surface area (Å²) in [5.41, 5.74) is 1.32. The molecule has 0 radical (unpaired) electrons. The van der Waals surface area contributed by atoms with Gasteiger partial charge in [0.25, 0.3) is 0 Å². The molecular formula is C22H20ClN5O4S. The molecule has 0 aliphatic rings. The van der Waals surface area contributed by atoms with Crippen LogP contribution in [0.1, 0.15) is 26.3 Å². The number of ether oxygens (including phenoxy) is 1. The van der Waals surface area contributed by atoms with Gasteiger partial charge in [-0.2, -0.15) is 0 Å². The number of aromatic nitrogens is 3. The fourth-order valence-corrected chi connectivity index (χ4v) is 4.07. The Bertz CT molecular complexity index is 1350. The smallest absolute Gasteiger partial charge is 0.419 e. The highest BCUT2D eigenvalue weighted by molar-refractivity contribution is 7.13.